The third-order valence-corrected chi connectivity index (χ3v) is 5.54. The predicted octanol–water partition coefficient (Wildman–Crippen LogP) is 5.42. The second-order valence-electron chi connectivity index (χ2n) is 6.70. The van der Waals surface area contributed by atoms with E-state index in [2.05, 4.69) is 27.8 Å². The number of methoxy groups -OCH3 is 1. The SMILES string of the molecule is COCc1cc(-c2nc(-c3ccc(C(=O)O)c(F)c3)no2)ccc1-c1cscc1C. The summed E-state index contributed by atoms with van der Waals surface area (Å²) in [6, 6.07) is 9.51. The zero-order chi connectivity index (χ0) is 21.3. The van der Waals surface area contributed by atoms with Gasteiger partial charge in [-0.05, 0) is 70.3 Å². The molecule has 2 aromatic carbocycles. The second kappa shape index (κ2) is 8.17. The first kappa shape index (κ1) is 19.9. The molecule has 0 saturated carbocycles. The van der Waals surface area contributed by atoms with E-state index in [0.717, 1.165) is 22.8 Å². The largest absolute Gasteiger partial charge is 0.478 e. The summed E-state index contributed by atoms with van der Waals surface area (Å²) in [6.07, 6.45) is 0. The van der Waals surface area contributed by atoms with Crippen molar-refractivity contribution in [2.45, 2.75) is 13.5 Å². The number of carbonyl (C=O) groups is 1. The van der Waals surface area contributed by atoms with Crippen LogP contribution in [0.4, 0.5) is 4.39 Å². The number of aryl methyl sites for hydroxylation is 1. The Morgan fingerprint density at radius 1 is 1.17 bits per heavy atom. The minimum Gasteiger partial charge on any atom is -0.478 e. The van der Waals surface area contributed by atoms with E-state index in [9.17, 15) is 9.18 Å². The van der Waals surface area contributed by atoms with Gasteiger partial charge in [-0.25, -0.2) is 9.18 Å². The van der Waals surface area contributed by atoms with Crippen molar-refractivity contribution in [3.05, 3.63) is 69.7 Å². The van der Waals surface area contributed by atoms with Gasteiger partial charge in [0.15, 0.2) is 0 Å². The lowest BCUT2D eigenvalue weighted by Gasteiger charge is -2.10. The minimum absolute atomic E-state index is 0.173. The zero-order valence-electron chi connectivity index (χ0n) is 16.2. The molecular weight excluding hydrogens is 407 g/mol. The molecule has 0 aliphatic rings. The molecule has 152 valence electrons. The van der Waals surface area contributed by atoms with Crippen LogP contribution in [0.3, 0.4) is 0 Å². The maximum Gasteiger partial charge on any atom is 0.338 e. The fourth-order valence-electron chi connectivity index (χ4n) is 3.19. The molecule has 4 rings (SSSR count). The van der Waals surface area contributed by atoms with Gasteiger partial charge in [0, 0.05) is 18.2 Å². The molecule has 0 amide bonds. The van der Waals surface area contributed by atoms with Crippen LogP contribution < -0.4 is 0 Å². The van der Waals surface area contributed by atoms with Crippen LogP contribution in [0.5, 0.6) is 0 Å². The lowest BCUT2D eigenvalue weighted by molar-refractivity contribution is 0.0692. The van der Waals surface area contributed by atoms with Gasteiger partial charge in [0.1, 0.15) is 5.82 Å². The van der Waals surface area contributed by atoms with Crippen LogP contribution in [0.1, 0.15) is 21.5 Å². The summed E-state index contributed by atoms with van der Waals surface area (Å²) in [7, 11) is 1.64. The number of carboxylic acid groups (broad SMARTS) is 1. The summed E-state index contributed by atoms with van der Waals surface area (Å²) in [5.41, 5.74) is 5.02. The molecule has 1 N–H and O–H groups in total. The number of carboxylic acids is 1. The molecule has 0 bridgehead atoms. The second-order valence-corrected chi connectivity index (χ2v) is 7.44. The Bertz CT molecular complexity index is 1230. The molecule has 0 unspecified atom stereocenters. The van der Waals surface area contributed by atoms with Gasteiger partial charge < -0.3 is 14.4 Å². The van der Waals surface area contributed by atoms with Crippen molar-refractivity contribution in [1.82, 2.24) is 10.1 Å². The fourth-order valence-corrected chi connectivity index (χ4v) is 4.03. The van der Waals surface area contributed by atoms with Crippen molar-refractivity contribution in [3.8, 4) is 34.0 Å². The van der Waals surface area contributed by atoms with Crippen LogP contribution in [0.25, 0.3) is 34.0 Å². The molecule has 30 heavy (non-hydrogen) atoms. The normalized spacial score (nSPS) is 11.0. The van der Waals surface area contributed by atoms with E-state index in [1.54, 1.807) is 18.4 Å². The summed E-state index contributed by atoms with van der Waals surface area (Å²) in [5.74, 6) is -1.74. The number of aromatic nitrogens is 2. The molecule has 0 spiro atoms. The molecule has 2 heterocycles. The van der Waals surface area contributed by atoms with Gasteiger partial charge in [-0.15, -0.1) is 0 Å². The lowest BCUT2D eigenvalue weighted by Crippen LogP contribution is -2.00. The van der Waals surface area contributed by atoms with Gasteiger partial charge in [0.05, 0.1) is 12.2 Å². The molecule has 0 aliphatic heterocycles. The quantitative estimate of drug-likeness (QED) is 0.445. The van der Waals surface area contributed by atoms with Crippen molar-refractivity contribution in [2.75, 3.05) is 7.11 Å². The van der Waals surface area contributed by atoms with E-state index < -0.39 is 17.3 Å². The van der Waals surface area contributed by atoms with Crippen molar-refractivity contribution >= 4 is 17.3 Å². The summed E-state index contributed by atoms with van der Waals surface area (Å²) in [4.78, 5) is 15.3. The van der Waals surface area contributed by atoms with Crippen molar-refractivity contribution in [2.24, 2.45) is 0 Å². The Morgan fingerprint density at radius 3 is 2.63 bits per heavy atom. The highest BCUT2D eigenvalue weighted by atomic mass is 32.1. The molecule has 0 atom stereocenters. The van der Waals surface area contributed by atoms with Crippen LogP contribution >= 0.6 is 11.3 Å². The smallest absolute Gasteiger partial charge is 0.338 e. The Labute approximate surface area is 175 Å². The molecule has 0 fully saturated rings. The Balaban J connectivity index is 1.70. The van der Waals surface area contributed by atoms with E-state index in [0.29, 0.717) is 17.7 Å². The number of hydrogen-bond acceptors (Lipinski definition) is 6. The average Bonchev–Trinajstić information content (AvgIpc) is 3.37. The molecule has 0 aliphatic carbocycles. The van der Waals surface area contributed by atoms with E-state index in [-0.39, 0.29) is 11.7 Å². The Morgan fingerprint density at radius 2 is 1.97 bits per heavy atom. The van der Waals surface area contributed by atoms with E-state index in [4.69, 9.17) is 14.4 Å². The molecule has 0 radical (unpaired) electrons. The lowest BCUT2D eigenvalue weighted by atomic mass is 9.97. The topological polar surface area (TPSA) is 85.5 Å². The first-order valence-corrected chi connectivity index (χ1v) is 9.94. The average molecular weight is 424 g/mol. The summed E-state index contributed by atoms with van der Waals surface area (Å²) < 4.78 is 24.7. The van der Waals surface area contributed by atoms with Crippen LogP contribution in [-0.4, -0.2) is 28.3 Å². The number of hydrogen-bond donors (Lipinski definition) is 1. The standard InChI is InChI=1S/C22H17FN2O4S/c1-12-10-30-11-18(12)16-5-4-14(7-15(16)9-28-2)21-24-20(25-29-21)13-3-6-17(22(26)27)19(23)8-13/h3-8,10-11H,9H2,1-2H3,(H,26,27). The maximum absolute atomic E-state index is 14.0. The number of nitrogens with zero attached hydrogens (tertiary/aromatic N) is 2. The number of thiophene rings is 1. The van der Waals surface area contributed by atoms with Gasteiger partial charge in [0.25, 0.3) is 5.89 Å². The van der Waals surface area contributed by atoms with Crippen LogP contribution in [0.15, 0.2) is 51.7 Å². The number of aromatic carboxylic acids is 1. The highest BCUT2D eigenvalue weighted by Gasteiger charge is 2.17. The Kier molecular flexibility index (Phi) is 5.43. The molecule has 2 aromatic heterocycles. The van der Waals surface area contributed by atoms with Crippen LogP contribution in [0, 0.1) is 12.7 Å². The third-order valence-electron chi connectivity index (χ3n) is 4.68. The van der Waals surface area contributed by atoms with E-state index in [1.807, 2.05) is 18.2 Å². The molecule has 4 aromatic rings. The number of rotatable bonds is 6. The molecule has 8 heteroatoms. The zero-order valence-corrected chi connectivity index (χ0v) is 17.0. The minimum atomic E-state index is -1.33. The third kappa shape index (κ3) is 3.74. The molecule has 0 saturated heterocycles. The maximum atomic E-state index is 14.0. The van der Waals surface area contributed by atoms with Crippen molar-refractivity contribution < 1.29 is 23.6 Å². The van der Waals surface area contributed by atoms with Crippen LogP contribution in [0.2, 0.25) is 0 Å². The fraction of sp³-hybridized carbons (Fsp3) is 0.136. The first-order chi connectivity index (χ1) is 14.5. The van der Waals surface area contributed by atoms with Crippen molar-refractivity contribution in [1.29, 1.82) is 0 Å². The van der Waals surface area contributed by atoms with Gasteiger partial charge in [-0.3, -0.25) is 0 Å². The summed E-state index contributed by atoms with van der Waals surface area (Å²) in [5, 5.41) is 17.1. The van der Waals surface area contributed by atoms with E-state index in [1.165, 1.54) is 17.7 Å². The number of halogens is 1. The van der Waals surface area contributed by atoms with Gasteiger partial charge >= 0.3 is 5.97 Å². The number of benzene rings is 2. The highest BCUT2D eigenvalue weighted by molar-refractivity contribution is 7.08. The van der Waals surface area contributed by atoms with Gasteiger partial charge in [-0.1, -0.05) is 11.2 Å². The summed E-state index contributed by atoms with van der Waals surface area (Å²) in [6.45, 7) is 2.48. The molecular formula is C22H17FN2O4S. The highest BCUT2D eigenvalue weighted by Crippen LogP contribution is 2.33. The Hall–Kier alpha value is -3.36. The summed E-state index contributed by atoms with van der Waals surface area (Å²) >= 11 is 1.64. The first-order valence-electron chi connectivity index (χ1n) is 9.00. The van der Waals surface area contributed by atoms with E-state index >= 15 is 0 Å². The van der Waals surface area contributed by atoms with Crippen molar-refractivity contribution in [3.63, 3.8) is 0 Å². The van der Waals surface area contributed by atoms with Crippen LogP contribution in [-0.2, 0) is 11.3 Å². The monoisotopic (exact) mass is 424 g/mol. The van der Waals surface area contributed by atoms with Gasteiger partial charge in [0.2, 0.25) is 5.82 Å². The predicted molar refractivity (Wildman–Crippen MR) is 111 cm³/mol. The van der Waals surface area contributed by atoms with Gasteiger partial charge in [-0.2, -0.15) is 16.3 Å². The molecule has 6 nitrogen and oxygen atoms in total. The number of ether oxygens (including phenoxy) is 1.